The van der Waals surface area contributed by atoms with Crippen LogP contribution in [-0.2, 0) is 6.42 Å². The van der Waals surface area contributed by atoms with Crippen LogP contribution in [0.4, 0.5) is 0 Å². The van der Waals surface area contributed by atoms with Gasteiger partial charge < -0.3 is 5.11 Å². The standard InChI is InChI=1S/C19H21N3O2/c1-5-6-14-10-16(19(23)24)20-18-17(13(4)21-22(14)18)15-8-7-11(2)9-12(15)3/h7-10H,5-6H2,1-4H3,(H,23,24). The summed E-state index contributed by atoms with van der Waals surface area (Å²) in [4.78, 5) is 15.9. The summed E-state index contributed by atoms with van der Waals surface area (Å²) in [5, 5.41) is 14.0. The van der Waals surface area contributed by atoms with E-state index >= 15 is 0 Å². The van der Waals surface area contributed by atoms with Crippen molar-refractivity contribution < 1.29 is 9.90 Å². The van der Waals surface area contributed by atoms with Gasteiger partial charge in [-0.3, -0.25) is 0 Å². The Hall–Kier alpha value is -2.69. The monoisotopic (exact) mass is 323 g/mol. The van der Waals surface area contributed by atoms with Crippen LogP contribution in [0.1, 0.15) is 46.3 Å². The summed E-state index contributed by atoms with van der Waals surface area (Å²) in [6.45, 7) is 8.12. The van der Waals surface area contributed by atoms with Gasteiger partial charge in [-0.15, -0.1) is 0 Å². The Bertz CT molecular complexity index is 941. The molecule has 5 heteroatoms. The van der Waals surface area contributed by atoms with Gasteiger partial charge in [0.15, 0.2) is 11.3 Å². The number of hydrogen-bond donors (Lipinski definition) is 1. The van der Waals surface area contributed by atoms with E-state index in [1.165, 1.54) is 5.56 Å². The fraction of sp³-hybridized carbons (Fsp3) is 0.316. The van der Waals surface area contributed by atoms with Gasteiger partial charge in [-0.25, -0.2) is 14.3 Å². The lowest BCUT2D eigenvalue weighted by Gasteiger charge is -2.08. The Labute approximate surface area is 141 Å². The van der Waals surface area contributed by atoms with Crippen LogP contribution >= 0.6 is 0 Å². The van der Waals surface area contributed by atoms with Crippen LogP contribution in [0, 0.1) is 20.8 Å². The van der Waals surface area contributed by atoms with Gasteiger partial charge in [0.05, 0.1) is 5.69 Å². The van der Waals surface area contributed by atoms with Gasteiger partial charge in [0, 0.05) is 11.3 Å². The zero-order chi connectivity index (χ0) is 17.4. The van der Waals surface area contributed by atoms with E-state index < -0.39 is 5.97 Å². The number of carboxylic acid groups (broad SMARTS) is 1. The molecule has 0 bridgehead atoms. The van der Waals surface area contributed by atoms with Crippen molar-refractivity contribution in [1.82, 2.24) is 14.6 Å². The van der Waals surface area contributed by atoms with Crippen molar-refractivity contribution in [1.29, 1.82) is 0 Å². The van der Waals surface area contributed by atoms with Crippen molar-refractivity contribution in [2.24, 2.45) is 0 Å². The second kappa shape index (κ2) is 6.07. The maximum absolute atomic E-state index is 11.5. The van der Waals surface area contributed by atoms with Crippen LogP contribution in [-0.4, -0.2) is 25.7 Å². The molecule has 0 saturated carbocycles. The van der Waals surface area contributed by atoms with Crippen LogP contribution < -0.4 is 0 Å². The Balaban J connectivity index is 2.36. The third-order valence-corrected chi connectivity index (χ3v) is 4.21. The maximum Gasteiger partial charge on any atom is 0.354 e. The van der Waals surface area contributed by atoms with E-state index in [9.17, 15) is 9.90 Å². The van der Waals surface area contributed by atoms with Crippen LogP contribution in [0.2, 0.25) is 0 Å². The van der Waals surface area contributed by atoms with Gasteiger partial charge in [0.2, 0.25) is 0 Å². The largest absolute Gasteiger partial charge is 0.477 e. The molecule has 0 aliphatic heterocycles. The van der Waals surface area contributed by atoms with Crippen molar-refractivity contribution >= 4 is 11.6 Å². The minimum absolute atomic E-state index is 0.0665. The number of carbonyl (C=O) groups is 1. The Morgan fingerprint density at radius 2 is 1.96 bits per heavy atom. The molecule has 0 unspecified atom stereocenters. The van der Waals surface area contributed by atoms with Gasteiger partial charge in [-0.1, -0.05) is 37.1 Å². The van der Waals surface area contributed by atoms with Crippen LogP contribution in [0.25, 0.3) is 16.8 Å². The Kier molecular flexibility index (Phi) is 4.09. The first kappa shape index (κ1) is 16.2. The molecule has 1 aromatic carbocycles. The first-order chi connectivity index (χ1) is 11.4. The van der Waals surface area contributed by atoms with E-state index in [4.69, 9.17) is 0 Å². The predicted molar refractivity (Wildman–Crippen MR) is 93.6 cm³/mol. The average Bonchev–Trinajstić information content (AvgIpc) is 2.84. The van der Waals surface area contributed by atoms with E-state index in [-0.39, 0.29) is 5.69 Å². The number of aromatic carboxylic acids is 1. The molecule has 0 radical (unpaired) electrons. The van der Waals surface area contributed by atoms with Crippen LogP contribution in [0.3, 0.4) is 0 Å². The van der Waals surface area contributed by atoms with E-state index in [1.807, 2.05) is 6.92 Å². The summed E-state index contributed by atoms with van der Waals surface area (Å²) in [5.74, 6) is -1.01. The smallest absolute Gasteiger partial charge is 0.354 e. The van der Waals surface area contributed by atoms with Gasteiger partial charge in [0.1, 0.15) is 0 Å². The molecule has 3 rings (SSSR count). The molecule has 2 heterocycles. The lowest BCUT2D eigenvalue weighted by atomic mass is 9.99. The molecule has 24 heavy (non-hydrogen) atoms. The summed E-state index contributed by atoms with van der Waals surface area (Å²) in [7, 11) is 0. The van der Waals surface area contributed by atoms with Gasteiger partial charge in [-0.2, -0.15) is 5.10 Å². The fourth-order valence-corrected chi connectivity index (χ4v) is 3.14. The van der Waals surface area contributed by atoms with E-state index in [2.05, 4.69) is 49.1 Å². The zero-order valence-corrected chi connectivity index (χ0v) is 14.4. The normalized spacial score (nSPS) is 11.2. The number of nitrogens with zero attached hydrogens (tertiary/aromatic N) is 3. The number of hydrogen-bond acceptors (Lipinski definition) is 3. The van der Waals surface area contributed by atoms with Crippen LogP contribution in [0.5, 0.6) is 0 Å². The highest BCUT2D eigenvalue weighted by Crippen LogP contribution is 2.31. The number of aromatic nitrogens is 3. The maximum atomic E-state index is 11.5. The van der Waals surface area contributed by atoms with Crippen molar-refractivity contribution in [3.05, 3.63) is 52.5 Å². The first-order valence-electron chi connectivity index (χ1n) is 8.12. The summed E-state index contributed by atoms with van der Waals surface area (Å²) in [5.41, 5.74) is 6.69. The third-order valence-electron chi connectivity index (χ3n) is 4.21. The molecule has 0 fully saturated rings. The number of rotatable bonds is 4. The molecule has 0 amide bonds. The molecular formula is C19H21N3O2. The molecule has 124 valence electrons. The van der Waals surface area contributed by atoms with Gasteiger partial charge >= 0.3 is 5.97 Å². The minimum Gasteiger partial charge on any atom is -0.477 e. The molecule has 1 N–H and O–H groups in total. The van der Waals surface area contributed by atoms with Crippen molar-refractivity contribution in [3.63, 3.8) is 0 Å². The van der Waals surface area contributed by atoms with E-state index in [1.54, 1.807) is 10.6 Å². The van der Waals surface area contributed by atoms with Gasteiger partial charge in [-0.05, 0) is 44.4 Å². The molecule has 0 spiro atoms. The molecule has 0 saturated heterocycles. The summed E-state index contributed by atoms with van der Waals surface area (Å²) in [6, 6.07) is 7.85. The molecule has 3 aromatic rings. The predicted octanol–water partition coefficient (Wildman–Crippen LogP) is 3.97. The lowest BCUT2D eigenvalue weighted by molar-refractivity contribution is 0.0690. The highest BCUT2D eigenvalue weighted by atomic mass is 16.4. The Morgan fingerprint density at radius 1 is 1.21 bits per heavy atom. The topological polar surface area (TPSA) is 67.5 Å². The lowest BCUT2D eigenvalue weighted by Crippen LogP contribution is -2.08. The van der Waals surface area contributed by atoms with Crippen molar-refractivity contribution in [2.75, 3.05) is 0 Å². The second-order valence-electron chi connectivity index (χ2n) is 6.20. The van der Waals surface area contributed by atoms with Crippen LogP contribution in [0.15, 0.2) is 24.3 Å². The highest BCUT2D eigenvalue weighted by Gasteiger charge is 2.19. The zero-order valence-electron chi connectivity index (χ0n) is 14.4. The summed E-state index contributed by atoms with van der Waals surface area (Å²) in [6.07, 6.45) is 1.67. The number of aryl methyl sites for hydroxylation is 4. The molecule has 5 nitrogen and oxygen atoms in total. The number of fused-ring (bicyclic) bond motifs is 1. The fourth-order valence-electron chi connectivity index (χ4n) is 3.14. The average molecular weight is 323 g/mol. The molecule has 0 aliphatic carbocycles. The molecule has 2 aromatic heterocycles. The number of carboxylic acids is 1. The quantitative estimate of drug-likeness (QED) is 0.789. The molecular weight excluding hydrogens is 302 g/mol. The van der Waals surface area contributed by atoms with E-state index in [0.717, 1.165) is 40.9 Å². The third kappa shape index (κ3) is 2.66. The molecule has 0 aliphatic rings. The van der Waals surface area contributed by atoms with Crippen molar-refractivity contribution in [3.8, 4) is 11.1 Å². The van der Waals surface area contributed by atoms with Gasteiger partial charge in [0.25, 0.3) is 0 Å². The summed E-state index contributed by atoms with van der Waals surface area (Å²) < 4.78 is 1.79. The number of benzene rings is 1. The van der Waals surface area contributed by atoms with E-state index in [0.29, 0.717) is 5.65 Å². The second-order valence-corrected chi connectivity index (χ2v) is 6.20. The Morgan fingerprint density at radius 3 is 2.58 bits per heavy atom. The first-order valence-corrected chi connectivity index (χ1v) is 8.12. The van der Waals surface area contributed by atoms with Crippen molar-refractivity contribution in [2.45, 2.75) is 40.5 Å². The SMILES string of the molecule is CCCc1cc(C(=O)O)nc2c(-c3ccc(C)cc3C)c(C)nn12. The summed E-state index contributed by atoms with van der Waals surface area (Å²) >= 11 is 0. The minimum atomic E-state index is -1.01. The highest BCUT2D eigenvalue weighted by molar-refractivity contribution is 5.88. The molecule has 0 atom stereocenters.